The molecule has 0 saturated heterocycles. The fourth-order valence-corrected chi connectivity index (χ4v) is 55.4. The first-order chi connectivity index (χ1) is 11.8. The van der Waals surface area contributed by atoms with E-state index in [-0.39, 0.29) is 0 Å². The van der Waals surface area contributed by atoms with E-state index in [1.54, 1.807) is 0 Å². The van der Waals surface area contributed by atoms with Crippen LogP contribution in [-0.4, -0.2) is 62.2 Å². The number of nitrogens with zero attached hydrogens (tertiary/aromatic N) is 3. The molecule has 0 bridgehead atoms. The molecule has 0 N–H and O–H groups in total. The van der Waals surface area contributed by atoms with Crippen LogP contribution >= 0.6 is 0 Å². The van der Waals surface area contributed by atoms with Gasteiger partial charge in [0.2, 0.25) is 0 Å². The van der Waals surface area contributed by atoms with Crippen LogP contribution in [0.25, 0.3) is 0 Å². The second-order valence-corrected chi connectivity index (χ2v) is 45.2. The van der Waals surface area contributed by atoms with Crippen molar-refractivity contribution in [3.05, 3.63) is 0 Å². The van der Waals surface area contributed by atoms with Gasteiger partial charge in [0, 0.05) is 0 Å². The molecular weight excluding hydrogens is 471 g/mol. The Hall–Kier alpha value is 1.03. The molecule has 27 heavy (non-hydrogen) atoms. The first kappa shape index (κ1) is 28.0. The van der Waals surface area contributed by atoms with E-state index in [1.807, 2.05) is 0 Å². The second-order valence-electron chi connectivity index (χ2n) is 12.1. The third kappa shape index (κ3) is 7.65. The minimum atomic E-state index is -1.92. The van der Waals surface area contributed by atoms with Crippen LogP contribution in [0.5, 0.6) is 0 Å². The monoisotopic (exact) mass is 523 g/mol. The van der Waals surface area contributed by atoms with Gasteiger partial charge in [-0.25, -0.2) is 0 Å². The summed E-state index contributed by atoms with van der Waals surface area (Å²) in [4.78, 5) is 0. The molecular formula is C18H51GeN3Si5. The Labute approximate surface area is 182 Å². The summed E-state index contributed by atoms with van der Waals surface area (Å²) in [6, 6.07) is 3.98. The van der Waals surface area contributed by atoms with Crippen molar-refractivity contribution < 1.29 is 0 Å². The van der Waals surface area contributed by atoms with Gasteiger partial charge in [-0.2, -0.15) is 0 Å². The van der Waals surface area contributed by atoms with Gasteiger partial charge in [0.15, 0.2) is 0 Å². The van der Waals surface area contributed by atoms with Gasteiger partial charge in [0.1, 0.15) is 0 Å². The molecule has 3 nitrogen and oxygen atoms in total. The molecule has 0 atom stereocenters. The van der Waals surface area contributed by atoms with Crippen LogP contribution in [0.15, 0.2) is 3.57 Å². The SMILES string of the molecule is CC[Si](CC)(CC)[N]=[Ge]([N]([Si](C)(C)C)[Si](C)(C)C)[N]([Si](C)(C)C)[Si](C)(C)C. The molecule has 0 amide bonds. The van der Waals surface area contributed by atoms with Gasteiger partial charge >= 0.3 is 183 Å². The van der Waals surface area contributed by atoms with E-state index < -0.39 is 55.8 Å². The Morgan fingerprint density at radius 2 is 0.741 bits per heavy atom. The zero-order valence-electron chi connectivity index (χ0n) is 21.5. The quantitative estimate of drug-likeness (QED) is 0.283. The van der Waals surface area contributed by atoms with E-state index in [0.29, 0.717) is 0 Å². The van der Waals surface area contributed by atoms with Crippen LogP contribution in [0.4, 0.5) is 0 Å². The van der Waals surface area contributed by atoms with Crippen molar-refractivity contribution in [3.63, 3.8) is 0 Å². The van der Waals surface area contributed by atoms with Crippen molar-refractivity contribution in [3.8, 4) is 0 Å². The van der Waals surface area contributed by atoms with Crippen molar-refractivity contribution >= 4 is 55.8 Å². The van der Waals surface area contributed by atoms with E-state index in [4.69, 9.17) is 3.57 Å². The van der Waals surface area contributed by atoms with Crippen molar-refractivity contribution in [1.29, 1.82) is 0 Å². The molecule has 0 aliphatic rings. The summed E-state index contributed by atoms with van der Waals surface area (Å²) in [5.41, 5.74) is 0. The molecule has 0 fully saturated rings. The topological polar surface area (TPSA) is 18.8 Å². The maximum absolute atomic E-state index is 6.13. The van der Waals surface area contributed by atoms with Gasteiger partial charge < -0.3 is 0 Å². The fourth-order valence-electron chi connectivity index (χ4n) is 4.61. The molecule has 0 aliphatic carbocycles. The summed E-state index contributed by atoms with van der Waals surface area (Å²) in [7, 11) is -7.29. The Morgan fingerprint density at radius 1 is 0.519 bits per heavy atom. The molecule has 0 rings (SSSR count). The Bertz CT molecular complexity index is 439. The second kappa shape index (κ2) is 9.45. The first-order valence-electron chi connectivity index (χ1n) is 11.0. The van der Waals surface area contributed by atoms with Gasteiger partial charge in [-0.1, -0.05) is 0 Å². The predicted octanol–water partition coefficient (Wildman–Crippen LogP) is 7.19. The number of rotatable bonds is 10. The zero-order valence-corrected chi connectivity index (χ0v) is 28.6. The predicted molar refractivity (Wildman–Crippen MR) is 142 cm³/mol. The van der Waals surface area contributed by atoms with Gasteiger partial charge in [-0.05, 0) is 0 Å². The van der Waals surface area contributed by atoms with Gasteiger partial charge in [-0.3, -0.25) is 0 Å². The van der Waals surface area contributed by atoms with Crippen LogP contribution in [-0.2, 0) is 0 Å². The molecule has 0 aliphatic heterocycles. The average Bonchev–Trinajstić information content (AvgIpc) is 2.38. The van der Waals surface area contributed by atoms with E-state index in [2.05, 4.69) is 106 Å². The van der Waals surface area contributed by atoms with Crippen LogP contribution in [0.2, 0.25) is 96.7 Å². The van der Waals surface area contributed by atoms with Crippen molar-refractivity contribution in [1.82, 2.24) is 6.38 Å². The maximum atomic E-state index is 6.13. The summed E-state index contributed by atoms with van der Waals surface area (Å²) >= 11 is -1.92. The molecule has 0 aromatic carbocycles. The minimum absolute atomic E-state index is 1.33. The normalized spacial score (nSPS) is 14.2. The zero-order chi connectivity index (χ0) is 22.1. The Balaban J connectivity index is 7.11. The van der Waals surface area contributed by atoms with E-state index in [1.165, 1.54) is 18.1 Å². The summed E-state index contributed by atoms with van der Waals surface area (Å²) < 4.78 is 12.5. The summed E-state index contributed by atoms with van der Waals surface area (Å²) in [6.45, 7) is 38.4. The third-order valence-electron chi connectivity index (χ3n) is 5.39. The van der Waals surface area contributed by atoms with E-state index in [9.17, 15) is 0 Å². The first-order valence-corrected chi connectivity index (χ1v) is 30.1. The van der Waals surface area contributed by atoms with Gasteiger partial charge in [0.05, 0.1) is 0 Å². The van der Waals surface area contributed by atoms with Crippen LogP contribution in [0.3, 0.4) is 0 Å². The molecule has 0 heterocycles. The molecule has 0 saturated carbocycles. The van der Waals surface area contributed by atoms with E-state index >= 15 is 0 Å². The van der Waals surface area contributed by atoms with Crippen LogP contribution < -0.4 is 0 Å². The molecule has 0 unspecified atom stereocenters. The van der Waals surface area contributed by atoms with Crippen molar-refractivity contribution in [2.45, 2.75) is 117 Å². The van der Waals surface area contributed by atoms with Gasteiger partial charge in [-0.15, -0.1) is 0 Å². The molecule has 0 aromatic heterocycles. The summed E-state index contributed by atoms with van der Waals surface area (Å²) in [5, 5.41) is 0. The van der Waals surface area contributed by atoms with Crippen LogP contribution in [0, 0.1) is 0 Å². The molecule has 162 valence electrons. The van der Waals surface area contributed by atoms with Crippen molar-refractivity contribution in [2.75, 3.05) is 0 Å². The third-order valence-corrected chi connectivity index (χ3v) is 50.4. The molecule has 0 aromatic rings. The van der Waals surface area contributed by atoms with E-state index in [0.717, 1.165) is 0 Å². The molecule has 9 heteroatoms. The molecule has 0 radical (unpaired) electrons. The molecule has 0 spiro atoms. The summed E-state index contributed by atoms with van der Waals surface area (Å²) in [5.74, 6) is 0. The summed E-state index contributed by atoms with van der Waals surface area (Å²) in [6.07, 6.45) is 0. The van der Waals surface area contributed by atoms with Gasteiger partial charge in [0.25, 0.3) is 0 Å². The Morgan fingerprint density at radius 3 is 0.889 bits per heavy atom. The standard InChI is InChI=1S/C18H51GeN3Si5/c1-16-27(17-2,18-3)20-19(21(23(4,5)6)24(7,8)9)22(25(10,11)12)26(13,14)15/h16-18H2,1-15H3. The van der Waals surface area contributed by atoms with Crippen LogP contribution in [0.1, 0.15) is 20.8 Å². The average molecular weight is 523 g/mol. The van der Waals surface area contributed by atoms with Crippen molar-refractivity contribution in [2.24, 2.45) is 3.57 Å². The fraction of sp³-hybridized carbons (Fsp3) is 1.00. The number of hydrogen-bond acceptors (Lipinski definition) is 1. The Kier molecular flexibility index (Phi) is 9.80. The number of hydrogen-bond donors (Lipinski definition) is 0.